The molecule has 0 unspecified atom stereocenters. The van der Waals surface area contributed by atoms with Crippen molar-refractivity contribution in [3.63, 3.8) is 0 Å². The fourth-order valence-corrected chi connectivity index (χ4v) is 3.81. The Morgan fingerprint density at radius 1 is 1.44 bits per heavy atom. The van der Waals surface area contributed by atoms with E-state index in [1.54, 1.807) is 45.9 Å². The molecule has 2 heterocycles. The Balaban J connectivity index is 2.43. The summed E-state index contributed by atoms with van der Waals surface area (Å²) in [6.07, 6.45) is -0.887. The molecule has 0 radical (unpaired) electrons. The normalized spacial score (nSPS) is 24.7. The maximum atomic E-state index is 12.5. The Kier molecular flexibility index (Phi) is 4.69. The summed E-state index contributed by atoms with van der Waals surface area (Å²) in [5.41, 5.74) is 4.29. The number of carbonyl (C=O) groups is 1. The minimum absolute atomic E-state index is 0.132. The summed E-state index contributed by atoms with van der Waals surface area (Å²) < 4.78 is 31.1. The number of aliphatic imine (C=N–C) groups is 1. The second kappa shape index (κ2) is 6.17. The van der Waals surface area contributed by atoms with Gasteiger partial charge in [-0.2, -0.15) is 0 Å². The maximum Gasteiger partial charge on any atom is 0.437 e. The van der Waals surface area contributed by atoms with Crippen molar-refractivity contribution in [2.45, 2.75) is 38.8 Å². The van der Waals surface area contributed by atoms with Crippen LogP contribution in [0.2, 0.25) is 0 Å². The molecule has 1 aliphatic rings. The molecule has 1 atom stereocenters. The fourth-order valence-electron chi connectivity index (χ4n) is 2.32. The first kappa shape index (κ1) is 19.0. The zero-order chi connectivity index (χ0) is 19.0. The van der Waals surface area contributed by atoms with Crippen molar-refractivity contribution in [1.82, 2.24) is 14.6 Å². The van der Waals surface area contributed by atoms with Crippen molar-refractivity contribution in [3.05, 3.63) is 23.9 Å². The van der Waals surface area contributed by atoms with E-state index in [1.807, 2.05) is 0 Å². The molecule has 138 valence electrons. The van der Waals surface area contributed by atoms with E-state index in [0.717, 1.165) is 4.31 Å². The number of sulfonamides is 1. The minimum atomic E-state index is -3.72. The molecule has 2 rings (SSSR count). The number of guanidine groups is 1. The molecule has 9 nitrogen and oxygen atoms in total. The van der Waals surface area contributed by atoms with Gasteiger partial charge in [-0.05, 0) is 39.8 Å². The molecule has 25 heavy (non-hydrogen) atoms. The van der Waals surface area contributed by atoms with Crippen LogP contribution in [0.15, 0.2) is 23.2 Å². The van der Waals surface area contributed by atoms with Gasteiger partial charge >= 0.3 is 6.09 Å². The van der Waals surface area contributed by atoms with E-state index in [0.29, 0.717) is 5.69 Å². The largest absolute Gasteiger partial charge is 0.442 e. The van der Waals surface area contributed by atoms with Crippen LogP contribution < -0.4 is 11.1 Å². The number of rotatable bonds is 1. The molecule has 0 spiro atoms. The number of carbonyl (C=O) groups excluding carboxylic acids is 1. The number of amides is 1. The molecular formula is C15H23N5O4S. The molecule has 1 amide bonds. The van der Waals surface area contributed by atoms with Crippen LogP contribution in [0.1, 0.15) is 33.4 Å². The van der Waals surface area contributed by atoms with Crippen LogP contribution in [0.4, 0.5) is 10.6 Å². The molecular weight excluding hydrogens is 346 g/mol. The van der Waals surface area contributed by atoms with E-state index in [1.165, 1.54) is 7.05 Å². The van der Waals surface area contributed by atoms with E-state index < -0.39 is 27.3 Å². The first-order valence-corrected chi connectivity index (χ1v) is 9.23. The lowest BCUT2D eigenvalue weighted by Crippen LogP contribution is -2.61. The van der Waals surface area contributed by atoms with E-state index in [2.05, 4.69) is 15.3 Å². The van der Waals surface area contributed by atoms with Crippen LogP contribution in [0.3, 0.4) is 0 Å². The number of hydrogen-bond donors (Lipinski definition) is 2. The van der Waals surface area contributed by atoms with Crippen LogP contribution in [-0.4, -0.2) is 48.2 Å². The van der Waals surface area contributed by atoms with Gasteiger partial charge in [0.25, 0.3) is 0 Å². The number of nitrogen functional groups attached to an aromatic ring is 1. The molecule has 1 saturated heterocycles. The topological polar surface area (TPSA) is 127 Å². The van der Waals surface area contributed by atoms with Crippen molar-refractivity contribution in [1.29, 1.82) is 0 Å². The highest BCUT2D eigenvalue weighted by molar-refractivity contribution is 7.89. The van der Waals surface area contributed by atoms with Gasteiger partial charge in [0.05, 0.1) is 17.0 Å². The van der Waals surface area contributed by atoms with Crippen molar-refractivity contribution in [3.8, 4) is 0 Å². The van der Waals surface area contributed by atoms with Crippen molar-refractivity contribution >= 4 is 27.9 Å². The number of pyridine rings is 1. The number of nitrogens with one attached hydrogen (secondary N) is 1. The Morgan fingerprint density at radius 3 is 2.64 bits per heavy atom. The third kappa shape index (κ3) is 4.38. The van der Waals surface area contributed by atoms with Crippen LogP contribution in [0.5, 0.6) is 0 Å². The summed E-state index contributed by atoms with van der Waals surface area (Å²) in [5, 5.41) is 2.97. The number of ether oxygens (including phenoxy) is 1. The number of aromatic nitrogens is 1. The molecule has 0 bridgehead atoms. The molecule has 10 heteroatoms. The van der Waals surface area contributed by atoms with E-state index in [9.17, 15) is 13.2 Å². The summed E-state index contributed by atoms with van der Waals surface area (Å²) in [6, 6.07) is 4.95. The molecule has 0 aromatic carbocycles. The zero-order valence-electron chi connectivity index (χ0n) is 14.9. The van der Waals surface area contributed by atoms with E-state index >= 15 is 0 Å². The number of nitrogens with zero attached hydrogens (tertiary/aromatic N) is 3. The quantitative estimate of drug-likeness (QED) is 0.757. The third-order valence-corrected chi connectivity index (χ3v) is 5.45. The second-order valence-corrected chi connectivity index (χ2v) is 9.04. The Hall–Kier alpha value is -2.36. The van der Waals surface area contributed by atoms with Crippen molar-refractivity contribution in [2.24, 2.45) is 4.99 Å². The molecule has 1 aromatic heterocycles. The Morgan fingerprint density at radius 2 is 2.08 bits per heavy atom. The summed E-state index contributed by atoms with van der Waals surface area (Å²) in [5.74, 6) is -0.130. The molecule has 3 N–H and O–H groups in total. The van der Waals surface area contributed by atoms with Gasteiger partial charge < -0.3 is 15.8 Å². The van der Waals surface area contributed by atoms with Gasteiger partial charge in [0.15, 0.2) is 0 Å². The van der Waals surface area contributed by atoms with Crippen molar-refractivity contribution < 1.29 is 17.9 Å². The highest BCUT2D eigenvalue weighted by Gasteiger charge is 2.43. The second-order valence-electron chi connectivity index (χ2n) is 7.04. The van der Waals surface area contributed by atoms with Crippen LogP contribution in [-0.2, 0) is 20.3 Å². The number of anilines is 1. The van der Waals surface area contributed by atoms with Crippen LogP contribution in [0.25, 0.3) is 0 Å². The summed E-state index contributed by atoms with van der Waals surface area (Å²) in [4.78, 5) is 19.9. The van der Waals surface area contributed by atoms with Gasteiger partial charge in [0.1, 0.15) is 11.4 Å². The lowest BCUT2D eigenvalue weighted by molar-refractivity contribution is 0.0602. The number of nitrogens with two attached hydrogens (primary N) is 1. The average Bonchev–Trinajstić information content (AvgIpc) is 2.42. The lowest BCUT2D eigenvalue weighted by Gasteiger charge is -2.39. The number of hydrogen-bond acceptors (Lipinski definition) is 6. The van der Waals surface area contributed by atoms with Gasteiger partial charge in [-0.25, -0.2) is 22.5 Å². The summed E-state index contributed by atoms with van der Waals surface area (Å²) in [6.45, 7) is 6.74. The van der Waals surface area contributed by atoms with Crippen molar-refractivity contribution in [2.75, 3.05) is 18.5 Å². The maximum absolute atomic E-state index is 12.5. The smallest absolute Gasteiger partial charge is 0.437 e. The molecule has 1 aromatic rings. The lowest BCUT2D eigenvalue weighted by atomic mass is 9.99. The third-order valence-electron chi connectivity index (χ3n) is 3.50. The monoisotopic (exact) mass is 369 g/mol. The standard InChI is InChI=1S/C15H23N5O4S/c1-14(2,3)24-13(21)18-12-19-15(4,9-25(22,23)20(12)5)10-7-6-8-11(16)17-10/h6-8H,9H2,1-5H3,(H2,16,17)(H,18,19,21)/t15-/m0/s1. The Bertz CT molecular complexity index is 815. The van der Waals surface area contributed by atoms with Crippen LogP contribution in [0, 0.1) is 0 Å². The fraction of sp³-hybridized carbons (Fsp3) is 0.533. The minimum Gasteiger partial charge on any atom is -0.442 e. The molecule has 1 aliphatic heterocycles. The van der Waals surface area contributed by atoms with Gasteiger partial charge in [-0.1, -0.05) is 6.07 Å². The average molecular weight is 369 g/mol. The van der Waals surface area contributed by atoms with Crippen LogP contribution >= 0.6 is 0 Å². The highest BCUT2D eigenvalue weighted by atomic mass is 32.2. The van der Waals surface area contributed by atoms with Gasteiger partial charge in [-0.3, -0.25) is 0 Å². The van der Waals surface area contributed by atoms with Gasteiger partial charge in [-0.15, -0.1) is 4.99 Å². The predicted octanol–water partition coefficient (Wildman–Crippen LogP) is 1.03. The molecule has 0 saturated carbocycles. The summed E-state index contributed by atoms with van der Waals surface area (Å²) >= 11 is 0. The highest BCUT2D eigenvalue weighted by Crippen LogP contribution is 2.27. The summed E-state index contributed by atoms with van der Waals surface area (Å²) in [7, 11) is -2.40. The molecule has 1 fully saturated rings. The zero-order valence-corrected chi connectivity index (χ0v) is 15.7. The first-order chi connectivity index (χ1) is 11.3. The van der Waals surface area contributed by atoms with Gasteiger partial charge in [0, 0.05) is 7.05 Å². The SMILES string of the molecule is CN1/C(=N/C(=O)OC(C)(C)C)N[C@](C)(c2cccc(N)n2)CS1(=O)=O. The predicted molar refractivity (Wildman–Crippen MR) is 94.4 cm³/mol. The van der Waals surface area contributed by atoms with E-state index in [-0.39, 0.29) is 17.5 Å². The van der Waals surface area contributed by atoms with Gasteiger partial charge in [0.2, 0.25) is 16.0 Å². The van der Waals surface area contributed by atoms with E-state index in [4.69, 9.17) is 10.5 Å². The Labute approximate surface area is 147 Å². The molecule has 0 aliphatic carbocycles. The first-order valence-electron chi connectivity index (χ1n) is 7.62.